The number of hydrazine groups is 1. The molecule has 0 aliphatic carbocycles. The molecule has 2 amide bonds. The van der Waals surface area contributed by atoms with Crippen LogP contribution < -0.4 is 16.4 Å². The van der Waals surface area contributed by atoms with Crippen molar-refractivity contribution in [2.45, 2.75) is 32.5 Å². The number of carbonyl (C=O) groups is 2. The molecule has 0 saturated heterocycles. The van der Waals surface area contributed by atoms with Crippen LogP contribution in [0.3, 0.4) is 0 Å². The molecule has 0 saturated carbocycles. The number of benzene rings is 2. The third-order valence-corrected chi connectivity index (χ3v) is 4.45. The number of carbonyl (C=O) groups excluding carboxylic acids is 2. The normalized spacial score (nSPS) is 11.4. The molecule has 0 aliphatic heterocycles. The van der Waals surface area contributed by atoms with Gasteiger partial charge in [-0.05, 0) is 24.1 Å². The number of rotatable bonds is 5. The van der Waals surface area contributed by atoms with Crippen LogP contribution in [0.25, 0.3) is 10.8 Å². The van der Waals surface area contributed by atoms with Crippen molar-refractivity contribution in [3.05, 3.63) is 75.7 Å². The van der Waals surface area contributed by atoms with E-state index in [2.05, 4.69) is 16.0 Å². The van der Waals surface area contributed by atoms with Crippen molar-refractivity contribution in [3.63, 3.8) is 0 Å². The smallest absolute Gasteiger partial charge is 0.273 e. The summed E-state index contributed by atoms with van der Waals surface area (Å²) in [7, 11) is 0. The highest BCUT2D eigenvalue weighted by atomic mass is 19.4. The average Bonchev–Trinajstić information content (AvgIpc) is 2.74. The van der Waals surface area contributed by atoms with Crippen LogP contribution in [0.1, 0.15) is 35.0 Å². The van der Waals surface area contributed by atoms with E-state index >= 15 is 0 Å². The number of amides is 2. The maximum atomic E-state index is 12.8. The van der Waals surface area contributed by atoms with E-state index in [9.17, 15) is 27.6 Å². The fraction of sp³-hybridized carbons (Fsp3) is 0.238. The Morgan fingerprint density at radius 3 is 2.42 bits per heavy atom. The van der Waals surface area contributed by atoms with Crippen molar-refractivity contribution in [3.8, 4) is 0 Å². The fourth-order valence-corrected chi connectivity index (χ4v) is 3.04. The van der Waals surface area contributed by atoms with Crippen LogP contribution in [0.4, 0.5) is 13.2 Å². The number of halogens is 3. The number of aromatic nitrogens is 2. The first kappa shape index (κ1) is 22.0. The van der Waals surface area contributed by atoms with Gasteiger partial charge in [-0.2, -0.15) is 18.3 Å². The van der Waals surface area contributed by atoms with E-state index in [4.69, 9.17) is 0 Å². The van der Waals surface area contributed by atoms with E-state index in [0.717, 1.165) is 12.1 Å². The van der Waals surface area contributed by atoms with E-state index in [1.165, 1.54) is 16.8 Å². The van der Waals surface area contributed by atoms with E-state index in [1.54, 1.807) is 24.3 Å². The minimum absolute atomic E-state index is 0.0528. The van der Waals surface area contributed by atoms with Gasteiger partial charge < -0.3 is 0 Å². The summed E-state index contributed by atoms with van der Waals surface area (Å²) < 4.78 is 39.6. The third-order valence-electron chi connectivity index (χ3n) is 4.45. The molecule has 3 aromatic rings. The first-order valence-corrected chi connectivity index (χ1v) is 9.46. The summed E-state index contributed by atoms with van der Waals surface area (Å²) in [5, 5.41) is 4.74. The molecule has 3 rings (SSSR count). The quantitative estimate of drug-likeness (QED) is 0.607. The Morgan fingerprint density at radius 1 is 1.03 bits per heavy atom. The number of aryl methyl sites for hydroxylation is 1. The van der Waals surface area contributed by atoms with Gasteiger partial charge in [-0.1, -0.05) is 43.3 Å². The monoisotopic (exact) mass is 432 g/mol. The number of fused-ring (bicyclic) bond motifs is 1. The lowest BCUT2D eigenvalue weighted by atomic mass is 10.1. The molecule has 10 heteroatoms. The molecule has 2 aromatic carbocycles. The van der Waals surface area contributed by atoms with Crippen LogP contribution in [-0.2, 0) is 23.9 Å². The molecular weight excluding hydrogens is 413 g/mol. The Labute approximate surface area is 174 Å². The van der Waals surface area contributed by atoms with E-state index in [-0.39, 0.29) is 23.2 Å². The third kappa shape index (κ3) is 5.08. The minimum atomic E-state index is -4.52. The molecule has 0 radical (unpaired) electrons. The van der Waals surface area contributed by atoms with Crippen LogP contribution in [-0.4, -0.2) is 21.6 Å². The molecule has 162 valence electrons. The summed E-state index contributed by atoms with van der Waals surface area (Å²) in [5.41, 5.74) is 3.27. The van der Waals surface area contributed by atoms with Gasteiger partial charge in [0.15, 0.2) is 5.69 Å². The second-order valence-electron chi connectivity index (χ2n) is 6.80. The highest BCUT2D eigenvalue weighted by Gasteiger charge is 2.30. The van der Waals surface area contributed by atoms with Gasteiger partial charge in [0.25, 0.3) is 11.5 Å². The molecule has 0 bridgehead atoms. The van der Waals surface area contributed by atoms with Crippen molar-refractivity contribution in [1.29, 1.82) is 0 Å². The van der Waals surface area contributed by atoms with Gasteiger partial charge in [0.05, 0.1) is 17.4 Å². The Hall–Kier alpha value is -3.69. The minimum Gasteiger partial charge on any atom is -0.273 e. The summed E-state index contributed by atoms with van der Waals surface area (Å²) in [6.07, 6.45) is -4.26. The average molecular weight is 432 g/mol. The second-order valence-corrected chi connectivity index (χ2v) is 6.80. The topological polar surface area (TPSA) is 93.1 Å². The van der Waals surface area contributed by atoms with Crippen LogP contribution in [0, 0.1) is 0 Å². The van der Waals surface area contributed by atoms with Crippen LogP contribution >= 0.6 is 0 Å². The summed E-state index contributed by atoms with van der Waals surface area (Å²) in [5.74, 6) is -1.46. The van der Waals surface area contributed by atoms with Crippen molar-refractivity contribution in [2.24, 2.45) is 0 Å². The number of nitrogens with zero attached hydrogens (tertiary/aromatic N) is 2. The first-order chi connectivity index (χ1) is 14.7. The van der Waals surface area contributed by atoms with Crippen molar-refractivity contribution in [2.75, 3.05) is 0 Å². The standard InChI is InChI=1S/C21H19F3N4O3/c1-2-10-28-20(31)16-9-4-3-8-15(16)18(27-28)19(30)26-25-17(29)12-13-6-5-7-14(11-13)21(22,23)24/h3-9,11H,2,10,12H2,1H3,(H,25,29)(H,26,30). The predicted octanol–water partition coefficient (Wildman–Crippen LogP) is 2.83. The van der Waals surface area contributed by atoms with Gasteiger partial charge in [-0.25, -0.2) is 4.68 Å². The number of hydrogen-bond donors (Lipinski definition) is 2. The fourth-order valence-electron chi connectivity index (χ4n) is 3.04. The Bertz CT molecular complexity index is 1190. The SMILES string of the molecule is CCCn1nc(C(=O)NNC(=O)Cc2cccc(C(F)(F)F)c2)c2ccccc2c1=O. The summed E-state index contributed by atoms with van der Waals surface area (Å²) in [6.45, 7) is 2.17. The molecule has 31 heavy (non-hydrogen) atoms. The summed E-state index contributed by atoms with van der Waals surface area (Å²) in [4.78, 5) is 37.2. The summed E-state index contributed by atoms with van der Waals surface area (Å²) in [6, 6.07) is 10.8. The molecule has 1 aromatic heterocycles. The Morgan fingerprint density at radius 2 is 1.74 bits per heavy atom. The molecule has 0 unspecified atom stereocenters. The molecule has 0 atom stereocenters. The second kappa shape index (κ2) is 8.99. The van der Waals surface area contributed by atoms with Crippen LogP contribution in [0.15, 0.2) is 53.3 Å². The van der Waals surface area contributed by atoms with Crippen LogP contribution in [0.2, 0.25) is 0 Å². The van der Waals surface area contributed by atoms with E-state index in [1.807, 2.05) is 6.92 Å². The number of hydrogen-bond acceptors (Lipinski definition) is 4. The zero-order valence-electron chi connectivity index (χ0n) is 16.5. The molecule has 1 heterocycles. The number of alkyl halides is 3. The molecule has 0 spiro atoms. The predicted molar refractivity (Wildman–Crippen MR) is 107 cm³/mol. The first-order valence-electron chi connectivity index (χ1n) is 9.46. The van der Waals surface area contributed by atoms with Gasteiger partial charge in [0.2, 0.25) is 5.91 Å². The molecule has 7 nitrogen and oxygen atoms in total. The van der Waals surface area contributed by atoms with Crippen LogP contribution in [0.5, 0.6) is 0 Å². The van der Waals surface area contributed by atoms with Crippen molar-refractivity contribution < 1.29 is 22.8 Å². The highest BCUT2D eigenvalue weighted by Crippen LogP contribution is 2.29. The molecular formula is C21H19F3N4O3. The van der Waals surface area contributed by atoms with Gasteiger partial charge in [-0.15, -0.1) is 0 Å². The zero-order valence-corrected chi connectivity index (χ0v) is 16.5. The zero-order chi connectivity index (χ0) is 22.6. The van der Waals surface area contributed by atoms with Gasteiger partial charge in [0, 0.05) is 11.9 Å². The van der Waals surface area contributed by atoms with Gasteiger partial charge in [0.1, 0.15) is 0 Å². The maximum Gasteiger partial charge on any atom is 0.416 e. The molecule has 0 aliphatic rings. The van der Waals surface area contributed by atoms with Crippen molar-refractivity contribution in [1.82, 2.24) is 20.6 Å². The maximum absolute atomic E-state index is 12.8. The molecule has 2 N–H and O–H groups in total. The largest absolute Gasteiger partial charge is 0.416 e. The Kier molecular flexibility index (Phi) is 6.38. The lowest BCUT2D eigenvalue weighted by Gasteiger charge is -2.12. The van der Waals surface area contributed by atoms with E-state index < -0.39 is 23.6 Å². The lowest BCUT2D eigenvalue weighted by molar-refractivity contribution is -0.137. The summed E-state index contributed by atoms with van der Waals surface area (Å²) >= 11 is 0. The Balaban J connectivity index is 1.75. The van der Waals surface area contributed by atoms with Crippen molar-refractivity contribution >= 4 is 22.6 Å². The highest BCUT2D eigenvalue weighted by molar-refractivity contribution is 6.05. The van der Waals surface area contributed by atoms with Gasteiger partial charge in [-0.3, -0.25) is 25.2 Å². The number of nitrogens with one attached hydrogen (secondary N) is 2. The van der Waals surface area contributed by atoms with E-state index in [0.29, 0.717) is 23.7 Å². The lowest BCUT2D eigenvalue weighted by Crippen LogP contribution is -2.43. The van der Waals surface area contributed by atoms with Gasteiger partial charge >= 0.3 is 6.18 Å². The molecule has 0 fully saturated rings.